The smallest absolute Gasteiger partial charge is 0.245 e. The average molecular weight is 479 g/mol. The Bertz CT molecular complexity index is 1090. The number of pyridine rings is 1. The molecule has 11 heteroatoms. The summed E-state index contributed by atoms with van der Waals surface area (Å²) in [5, 5.41) is 4.20. The zero-order chi connectivity index (χ0) is 23.0. The molecule has 0 bridgehead atoms. The van der Waals surface area contributed by atoms with Crippen LogP contribution in [0, 0.1) is 6.92 Å². The van der Waals surface area contributed by atoms with Crippen molar-refractivity contribution in [1.29, 1.82) is 0 Å². The lowest BCUT2D eigenvalue weighted by molar-refractivity contribution is -0.130. The monoisotopic (exact) mass is 478 g/mol. The Hall–Kier alpha value is -2.27. The quantitative estimate of drug-likeness (QED) is 0.674. The van der Waals surface area contributed by atoms with Crippen molar-refractivity contribution in [3.63, 3.8) is 0 Å². The minimum atomic E-state index is -3.31. The number of aryl methyl sites for hydroxylation is 1. The van der Waals surface area contributed by atoms with Gasteiger partial charge in [0.2, 0.25) is 11.0 Å². The first-order valence-electron chi connectivity index (χ1n) is 11.0. The van der Waals surface area contributed by atoms with E-state index in [9.17, 15) is 13.2 Å². The van der Waals surface area contributed by atoms with E-state index in [0.717, 1.165) is 49.7 Å². The fourth-order valence-corrected chi connectivity index (χ4v) is 5.72. The van der Waals surface area contributed by atoms with Crippen LogP contribution in [0.2, 0.25) is 0 Å². The van der Waals surface area contributed by atoms with Gasteiger partial charge in [-0.2, -0.15) is 4.37 Å². The Morgan fingerprint density at radius 1 is 1.19 bits per heavy atom. The number of aromatic nitrogens is 3. The van der Waals surface area contributed by atoms with Gasteiger partial charge in [-0.3, -0.25) is 4.79 Å². The van der Waals surface area contributed by atoms with Crippen LogP contribution in [0.5, 0.6) is 0 Å². The summed E-state index contributed by atoms with van der Waals surface area (Å²) in [5.74, 6) is 1.87. The van der Waals surface area contributed by atoms with Crippen LogP contribution in [0.25, 0.3) is 0 Å². The molecule has 2 aromatic rings. The van der Waals surface area contributed by atoms with Crippen LogP contribution < -0.4 is 10.2 Å². The summed E-state index contributed by atoms with van der Waals surface area (Å²) >= 11 is 1.45. The second-order valence-corrected chi connectivity index (χ2v) is 11.7. The summed E-state index contributed by atoms with van der Waals surface area (Å²) in [6.07, 6.45) is 5.04. The van der Waals surface area contributed by atoms with Crippen LogP contribution in [0.4, 0.5) is 10.9 Å². The lowest BCUT2D eigenvalue weighted by atomic mass is 10.0. The Morgan fingerprint density at radius 3 is 2.50 bits per heavy atom. The van der Waals surface area contributed by atoms with Crippen LogP contribution in [-0.2, 0) is 14.6 Å². The molecule has 1 N–H and O–H groups in total. The standard InChI is InChI=1S/C21H30N6O3S2/c1-13(2)18-24-21(31-25-18)26-8-5-15(6-9-26)27-10-7-17(20(27)28)23-19-14(3)11-16(12-22-19)32(4,29)30/h11-13,15,17H,5-10H2,1-4H3,(H,22,23)/t17-/m0/s1. The predicted molar refractivity (Wildman–Crippen MR) is 125 cm³/mol. The summed E-state index contributed by atoms with van der Waals surface area (Å²) in [7, 11) is -3.31. The van der Waals surface area contributed by atoms with E-state index >= 15 is 0 Å². The first-order chi connectivity index (χ1) is 15.1. The van der Waals surface area contributed by atoms with Gasteiger partial charge in [0.15, 0.2) is 9.84 Å². The normalized spacial score (nSPS) is 20.4. The molecule has 2 aromatic heterocycles. The van der Waals surface area contributed by atoms with Crippen LogP contribution >= 0.6 is 11.5 Å². The molecule has 2 saturated heterocycles. The predicted octanol–water partition coefficient (Wildman–Crippen LogP) is 2.45. The van der Waals surface area contributed by atoms with E-state index in [2.05, 4.69) is 38.4 Å². The molecule has 0 aliphatic carbocycles. The molecular weight excluding hydrogens is 448 g/mol. The summed E-state index contributed by atoms with van der Waals surface area (Å²) < 4.78 is 27.9. The largest absolute Gasteiger partial charge is 0.358 e. The lowest BCUT2D eigenvalue weighted by Crippen LogP contribution is -2.47. The van der Waals surface area contributed by atoms with E-state index in [-0.39, 0.29) is 22.9 Å². The zero-order valence-electron chi connectivity index (χ0n) is 18.9. The van der Waals surface area contributed by atoms with E-state index in [1.807, 2.05) is 4.90 Å². The maximum atomic E-state index is 13.1. The van der Waals surface area contributed by atoms with Crippen LogP contribution in [0.15, 0.2) is 17.2 Å². The molecule has 2 aliphatic heterocycles. The topological polar surface area (TPSA) is 108 Å². The summed E-state index contributed by atoms with van der Waals surface area (Å²) in [4.78, 5) is 26.4. The Morgan fingerprint density at radius 2 is 1.91 bits per heavy atom. The van der Waals surface area contributed by atoms with Gasteiger partial charge < -0.3 is 15.1 Å². The Balaban J connectivity index is 1.35. The third kappa shape index (κ3) is 4.73. The number of carbonyl (C=O) groups excluding carboxylic acids is 1. The molecule has 0 spiro atoms. The molecule has 0 unspecified atom stereocenters. The fourth-order valence-electron chi connectivity index (χ4n) is 4.22. The summed E-state index contributed by atoms with van der Waals surface area (Å²) in [5.41, 5.74) is 0.713. The number of sulfone groups is 1. The highest BCUT2D eigenvalue weighted by atomic mass is 32.2. The number of piperidine rings is 1. The molecule has 32 heavy (non-hydrogen) atoms. The number of carbonyl (C=O) groups is 1. The number of hydrogen-bond acceptors (Lipinski definition) is 9. The van der Waals surface area contributed by atoms with Crippen molar-refractivity contribution in [2.75, 3.05) is 36.1 Å². The van der Waals surface area contributed by atoms with Gasteiger partial charge in [-0.1, -0.05) is 13.8 Å². The molecule has 2 fully saturated rings. The zero-order valence-corrected chi connectivity index (χ0v) is 20.5. The maximum absolute atomic E-state index is 13.1. The van der Waals surface area contributed by atoms with E-state index in [1.165, 1.54) is 17.7 Å². The highest BCUT2D eigenvalue weighted by Crippen LogP contribution is 2.29. The van der Waals surface area contributed by atoms with Gasteiger partial charge in [-0.15, -0.1) is 0 Å². The van der Waals surface area contributed by atoms with E-state index in [1.54, 1.807) is 13.0 Å². The minimum Gasteiger partial charge on any atom is -0.358 e. The molecule has 1 amide bonds. The fraction of sp³-hybridized carbons (Fsp3) is 0.619. The van der Waals surface area contributed by atoms with Gasteiger partial charge in [-0.05, 0) is 37.8 Å². The number of amides is 1. The number of anilines is 2. The number of rotatable bonds is 6. The SMILES string of the molecule is Cc1cc(S(C)(=O)=O)cnc1N[C@H]1CCN(C2CCN(c3nc(C(C)C)ns3)CC2)C1=O. The minimum absolute atomic E-state index is 0.0925. The molecule has 4 heterocycles. The van der Waals surface area contributed by atoms with Crippen molar-refractivity contribution in [3.8, 4) is 0 Å². The summed E-state index contributed by atoms with van der Waals surface area (Å²) in [6, 6.07) is 1.49. The molecular formula is C21H30N6O3S2. The third-order valence-corrected chi connectivity index (χ3v) is 8.03. The van der Waals surface area contributed by atoms with E-state index in [4.69, 9.17) is 0 Å². The molecule has 2 aliphatic rings. The van der Waals surface area contributed by atoms with Gasteiger partial charge in [0.25, 0.3) is 0 Å². The van der Waals surface area contributed by atoms with Crippen molar-refractivity contribution in [2.45, 2.75) is 62.9 Å². The number of hydrogen-bond donors (Lipinski definition) is 1. The molecule has 174 valence electrons. The number of nitrogens with zero attached hydrogens (tertiary/aromatic N) is 5. The van der Waals surface area contributed by atoms with Gasteiger partial charge >= 0.3 is 0 Å². The first kappa shape index (κ1) is 22.9. The van der Waals surface area contributed by atoms with Crippen molar-refractivity contribution < 1.29 is 13.2 Å². The average Bonchev–Trinajstić information content (AvgIpc) is 3.37. The summed E-state index contributed by atoms with van der Waals surface area (Å²) in [6.45, 7) is 8.45. The second-order valence-electron chi connectivity index (χ2n) is 8.93. The Kier molecular flexibility index (Phi) is 6.39. The van der Waals surface area contributed by atoms with Crippen LogP contribution in [0.1, 0.15) is 50.4 Å². The third-order valence-electron chi connectivity index (χ3n) is 6.16. The van der Waals surface area contributed by atoms with Gasteiger partial charge in [0.05, 0.1) is 4.90 Å². The molecule has 1 atom stereocenters. The highest BCUT2D eigenvalue weighted by Gasteiger charge is 2.37. The van der Waals surface area contributed by atoms with Crippen molar-refractivity contribution in [2.24, 2.45) is 0 Å². The van der Waals surface area contributed by atoms with E-state index in [0.29, 0.717) is 23.7 Å². The molecule has 0 saturated carbocycles. The van der Waals surface area contributed by atoms with Gasteiger partial charge in [0.1, 0.15) is 17.7 Å². The molecule has 0 aromatic carbocycles. The Labute approximate surface area is 193 Å². The van der Waals surface area contributed by atoms with Crippen molar-refractivity contribution in [3.05, 3.63) is 23.7 Å². The maximum Gasteiger partial charge on any atom is 0.245 e. The van der Waals surface area contributed by atoms with Crippen LogP contribution in [-0.4, -0.2) is 71.5 Å². The first-order valence-corrected chi connectivity index (χ1v) is 13.6. The molecule has 0 radical (unpaired) electrons. The lowest BCUT2D eigenvalue weighted by Gasteiger charge is -2.36. The van der Waals surface area contributed by atoms with Gasteiger partial charge in [0, 0.05) is 55.6 Å². The van der Waals surface area contributed by atoms with Crippen molar-refractivity contribution in [1.82, 2.24) is 19.2 Å². The second kappa shape index (κ2) is 8.93. The van der Waals surface area contributed by atoms with Gasteiger partial charge in [-0.25, -0.2) is 18.4 Å². The number of nitrogens with one attached hydrogen (secondary N) is 1. The van der Waals surface area contributed by atoms with E-state index < -0.39 is 9.84 Å². The highest BCUT2D eigenvalue weighted by molar-refractivity contribution is 7.90. The van der Waals surface area contributed by atoms with Crippen LogP contribution in [0.3, 0.4) is 0 Å². The molecule has 4 rings (SSSR count). The number of likely N-dealkylation sites (tertiary alicyclic amines) is 1. The molecule has 9 nitrogen and oxygen atoms in total. The van der Waals surface area contributed by atoms with Crippen molar-refractivity contribution >= 4 is 38.2 Å².